The first-order valence-electron chi connectivity index (χ1n) is 6.53. The van der Waals surface area contributed by atoms with Crippen molar-refractivity contribution in [3.05, 3.63) is 35.4 Å². The van der Waals surface area contributed by atoms with Gasteiger partial charge in [0.15, 0.2) is 0 Å². The minimum Gasteiger partial charge on any atom is -0.481 e. The van der Waals surface area contributed by atoms with E-state index in [2.05, 4.69) is 44.3 Å². The van der Waals surface area contributed by atoms with Crippen LogP contribution < -0.4 is 5.32 Å². The van der Waals surface area contributed by atoms with Crippen molar-refractivity contribution in [3.63, 3.8) is 0 Å². The molecule has 0 aromatic heterocycles. The third-order valence-electron chi connectivity index (χ3n) is 3.12. The maximum atomic E-state index is 10.5. The molecule has 1 aromatic carbocycles. The highest BCUT2D eigenvalue weighted by Gasteiger charge is 2.16. The van der Waals surface area contributed by atoms with Gasteiger partial charge in [-0.3, -0.25) is 4.79 Å². The lowest BCUT2D eigenvalue weighted by molar-refractivity contribution is -0.137. The summed E-state index contributed by atoms with van der Waals surface area (Å²) in [6.07, 6.45) is 0.899. The van der Waals surface area contributed by atoms with Crippen molar-refractivity contribution in [3.8, 4) is 0 Å². The Kier molecular flexibility index (Phi) is 5.86. The van der Waals surface area contributed by atoms with Gasteiger partial charge >= 0.3 is 5.97 Å². The van der Waals surface area contributed by atoms with Gasteiger partial charge in [-0.15, -0.1) is 0 Å². The number of carboxylic acid groups (broad SMARTS) is 1. The van der Waals surface area contributed by atoms with E-state index in [0.29, 0.717) is 18.4 Å². The minimum atomic E-state index is -0.728. The van der Waals surface area contributed by atoms with Gasteiger partial charge in [-0.2, -0.15) is 0 Å². The van der Waals surface area contributed by atoms with Crippen LogP contribution in [0.15, 0.2) is 24.3 Å². The molecule has 3 heteroatoms. The predicted octanol–water partition coefficient (Wildman–Crippen LogP) is 3.15. The van der Waals surface area contributed by atoms with Gasteiger partial charge in [0.05, 0.1) is 0 Å². The van der Waals surface area contributed by atoms with Crippen LogP contribution in [0.3, 0.4) is 0 Å². The van der Waals surface area contributed by atoms with Crippen LogP contribution in [0.5, 0.6) is 0 Å². The monoisotopic (exact) mass is 249 g/mol. The predicted molar refractivity (Wildman–Crippen MR) is 73.6 cm³/mol. The molecule has 0 amide bonds. The lowest BCUT2D eigenvalue weighted by Gasteiger charge is -2.24. The first-order valence-corrected chi connectivity index (χ1v) is 6.53. The molecular formula is C15H23NO2. The van der Waals surface area contributed by atoms with Crippen LogP contribution in [0.25, 0.3) is 0 Å². The second-order valence-corrected chi connectivity index (χ2v) is 5.03. The Morgan fingerprint density at radius 2 is 2.00 bits per heavy atom. The van der Waals surface area contributed by atoms with E-state index in [4.69, 9.17) is 5.11 Å². The van der Waals surface area contributed by atoms with E-state index in [9.17, 15) is 4.79 Å². The zero-order valence-corrected chi connectivity index (χ0v) is 11.4. The van der Waals surface area contributed by atoms with E-state index < -0.39 is 5.97 Å². The smallest absolute Gasteiger partial charge is 0.303 e. The van der Waals surface area contributed by atoms with E-state index in [-0.39, 0.29) is 6.42 Å². The van der Waals surface area contributed by atoms with Crippen LogP contribution in [0, 0.1) is 12.8 Å². The fourth-order valence-electron chi connectivity index (χ4n) is 2.14. The van der Waals surface area contributed by atoms with Gasteiger partial charge < -0.3 is 10.4 Å². The van der Waals surface area contributed by atoms with Crippen LogP contribution in [-0.2, 0) is 4.79 Å². The second kappa shape index (κ2) is 7.17. The molecule has 0 saturated heterocycles. The summed E-state index contributed by atoms with van der Waals surface area (Å²) in [6, 6.07) is 8.64. The molecule has 3 nitrogen and oxygen atoms in total. The number of nitrogens with one attached hydrogen (secondary N) is 1. The van der Waals surface area contributed by atoms with Gasteiger partial charge in [0.2, 0.25) is 0 Å². The number of carbonyl (C=O) groups is 1. The summed E-state index contributed by atoms with van der Waals surface area (Å²) in [5, 5.41) is 12.1. The van der Waals surface area contributed by atoms with Crippen LogP contribution in [-0.4, -0.2) is 17.6 Å². The minimum absolute atomic E-state index is 0.228. The Bertz CT molecular complexity index is 388. The van der Waals surface area contributed by atoms with Gasteiger partial charge in [-0.05, 0) is 36.9 Å². The van der Waals surface area contributed by atoms with Gasteiger partial charge in [0, 0.05) is 12.5 Å². The molecule has 0 heterocycles. The molecule has 100 valence electrons. The summed E-state index contributed by atoms with van der Waals surface area (Å²) in [7, 11) is 0. The van der Waals surface area contributed by atoms with Crippen LogP contribution in [0.2, 0.25) is 0 Å². The number of aryl methyl sites for hydroxylation is 1. The van der Waals surface area contributed by atoms with Gasteiger partial charge in [0.25, 0.3) is 0 Å². The number of benzene rings is 1. The summed E-state index contributed by atoms with van der Waals surface area (Å²) in [5.41, 5.74) is 2.59. The molecule has 0 saturated carbocycles. The summed E-state index contributed by atoms with van der Waals surface area (Å²) in [4.78, 5) is 10.5. The van der Waals surface area contributed by atoms with Crippen LogP contribution >= 0.6 is 0 Å². The van der Waals surface area contributed by atoms with Crippen molar-refractivity contribution in [1.82, 2.24) is 5.32 Å². The van der Waals surface area contributed by atoms with E-state index in [1.165, 1.54) is 11.1 Å². The number of rotatable bonds is 7. The molecule has 0 radical (unpaired) electrons. The fourth-order valence-corrected chi connectivity index (χ4v) is 2.14. The number of carboxylic acids is 1. The molecule has 0 fully saturated rings. The fraction of sp³-hybridized carbons (Fsp3) is 0.533. The molecule has 2 N–H and O–H groups in total. The molecule has 1 rings (SSSR count). The Hall–Kier alpha value is -1.35. The number of hydrogen-bond donors (Lipinski definition) is 2. The normalized spacial score (nSPS) is 12.7. The molecule has 0 aliphatic rings. The van der Waals surface area contributed by atoms with Crippen LogP contribution in [0.1, 0.15) is 43.9 Å². The molecule has 0 bridgehead atoms. The quantitative estimate of drug-likeness (QED) is 0.730. The van der Waals surface area contributed by atoms with E-state index in [0.717, 1.165) is 6.54 Å². The SMILES string of the molecule is Cc1ccccc1C(NCCCC(=O)O)C(C)C. The van der Waals surface area contributed by atoms with Gasteiger partial charge in [-0.1, -0.05) is 38.1 Å². The third-order valence-corrected chi connectivity index (χ3v) is 3.12. The van der Waals surface area contributed by atoms with Crippen molar-refractivity contribution in [2.45, 2.75) is 39.7 Å². The molecule has 0 aliphatic heterocycles. The van der Waals surface area contributed by atoms with Crippen molar-refractivity contribution in [2.75, 3.05) is 6.54 Å². The number of aliphatic carboxylic acids is 1. The zero-order chi connectivity index (χ0) is 13.5. The van der Waals surface area contributed by atoms with Gasteiger partial charge in [0.1, 0.15) is 0 Å². The molecule has 1 aromatic rings. The molecule has 1 atom stereocenters. The second-order valence-electron chi connectivity index (χ2n) is 5.03. The maximum absolute atomic E-state index is 10.5. The average molecular weight is 249 g/mol. The van der Waals surface area contributed by atoms with Crippen molar-refractivity contribution in [1.29, 1.82) is 0 Å². The van der Waals surface area contributed by atoms with E-state index in [1.54, 1.807) is 0 Å². The zero-order valence-electron chi connectivity index (χ0n) is 11.4. The molecular weight excluding hydrogens is 226 g/mol. The largest absolute Gasteiger partial charge is 0.481 e. The van der Waals surface area contributed by atoms with Crippen molar-refractivity contribution in [2.24, 2.45) is 5.92 Å². The van der Waals surface area contributed by atoms with E-state index in [1.807, 2.05) is 6.07 Å². The summed E-state index contributed by atoms with van der Waals surface area (Å²) in [6.45, 7) is 7.22. The highest BCUT2D eigenvalue weighted by Crippen LogP contribution is 2.24. The summed E-state index contributed by atoms with van der Waals surface area (Å²) >= 11 is 0. The molecule has 0 spiro atoms. The maximum Gasteiger partial charge on any atom is 0.303 e. The van der Waals surface area contributed by atoms with Crippen LogP contribution in [0.4, 0.5) is 0 Å². The topological polar surface area (TPSA) is 49.3 Å². The lowest BCUT2D eigenvalue weighted by atomic mass is 9.92. The molecule has 18 heavy (non-hydrogen) atoms. The van der Waals surface area contributed by atoms with Crippen molar-refractivity contribution < 1.29 is 9.90 Å². The lowest BCUT2D eigenvalue weighted by Crippen LogP contribution is -2.27. The standard InChI is InChI=1S/C15H23NO2/c1-11(2)15(16-10-6-9-14(17)18)13-8-5-4-7-12(13)3/h4-5,7-8,11,15-16H,6,9-10H2,1-3H3,(H,17,18). The first-order chi connectivity index (χ1) is 8.52. The highest BCUT2D eigenvalue weighted by molar-refractivity contribution is 5.66. The Balaban J connectivity index is 2.61. The summed E-state index contributed by atoms with van der Waals surface area (Å²) < 4.78 is 0. The first kappa shape index (κ1) is 14.7. The summed E-state index contributed by atoms with van der Waals surface area (Å²) in [5.74, 6) is -0.246. The Morgan fingerprint density at radius 1 is 1.33 bits per heavy atom. The van der Waals surface area contributed by atoms with Crippen molar-refractivity contribution >= 4 is 5.97 Å². The Labute approximate surface area is 109 Å². The van der Waals surface area contributed by atoms with E-state index >= 15 is 0 Å². The molecule has 1 unspecified atom stereocenters. The Morgan fingerprint density at radius 3 is 2.56 bits per heavy atom. The number of hydrogen-bond acceptors (Lipinski definition) is 2. The average Bonchev–Trinajstić information content (AvgIpc) is 2.30. The molecule has 0 aliphatic carbocycles. The third kappa shape index (κ3) is 4.49. The highest BCUT2D eigenvalue weighted by atomic mass is 16.4. The van der Waals surface area contributed by atoms with Gasteiger partial charge in [-0.25, -0.2) is 0 Å².